The van der Waals surface area contributed by atoms with Crippen LogP contribution in [0.3, 0.4) is 0 Å². The molecule has 6 nitrogen and oxygen atoms in total. The minimum Gasteiger partial charge on any atom is -0.366 e. The lowest BCUT2D eigenvalue weighted by molar-refractivity contribution is 0.0993. The summed E-state index contributed by atoms with van der Waals surface area (Å²) in [5.74, 6) is -1.17. The molecule has 106 valence electrons. The van der Waals surface area contributed by atoms with E-state index in [1.54, 1.807) is 12.1 Å². The number of nitrogens with two attached hydrogens (primary N) is 2. The van der Waals surface area contributed by atoms with E-state index in [1.807, 2.05) is 6.07 Å². The SMILES string of the molecule is NC(=O)c1cccc2c1Nc1c(C(N)=O)cnc(Cl)c1C2. The number of aromatic nitrogens is 1. The van der Waals surface area contributed by atoms with Crippen LogP contribution in [0.2, 0.25) is 5.15 Å². The van der Waals surface area contributed by atoms with Gasteiger partial charge in [0.1, 0.15) is 5.15 Å². The molecule has 0 saturated carbocycles. The fourth-order valence-electron chi connectivity index (χ4n) is 2.44. The summed E-state index contributed by atoms with van der Waals surface area (Å²) >= 11 is 6.09. The summed E-state index contributed by atoms with van der Waals surface area (Å²) in [6.45, 7) is 0. The molecule has 21 heavy (non-hydrogen) atoms. The first-order chi connectivity index (χ1) is 9.99. The van der Waals surface area contributed by atoms with Crippen LogP contribution in [0.1, 0.15) is 31.8 Å². The van der Waals surface area contributed by atoms with Gasteiger partial charge in [0.05, 0.1) is 22.5 Å². The van der Waals surface area contributed by atoms with Crippen molar-refractivity contribution in [1.29, 1.82) is 0 Å². The maximum atomic E-state index is 11.5. The molecular weight excluding hydrogens is 292 g/mol. The van der Waals surface area contributed by atoms with E-state index in [9.17, 15) is 9.59 Å². The Hall–Kier alpha value is -2.60. The molecule has 2 heterocycles. The lowest BCUT2D eigenvalue weighted by atomic mass is 9.94. The number of hydrogen-bond acceptors (Lipinski definition) is 4. The van der Waals surface area contributed by atoms with Crippen LogP contribution in [0, 0.1) is 0 Å². The highest BCUT2D eigenvalue weighted by molar-refractivity contribution is 6.31. The van der Waals surface area contributed by atoms with Crippen LogP contribution in [0.25, 0.3) is 0 Å². The molecule has 0 spiro atoms. The molecule has 0 unspecified atom stereocenters. The molecule has 0 aliphatic carbocycles. The Morgan fingerprint density at radius 2 is 1.86 bits per heavy atom. The zero-order chi connectivity index (χ0) is 15.1. The number of nitrogens with one attached hydrogen (secondary N) is 1. The van der Waals surface area contributed by atoms with Crippen molar-refractivity contribution < 1.29 is 9.59 Å². The number of para-hydroxylation sites is 1. The third-order valence-electron chi connectivity index (χ3n) is 3.43. The molecule has 0 bridgehead atoms. The van der Waals surface area contributed by atoms with Crippen molar-refractivity contribution in [2.24, 2.45) is 11.5 Å². The maximum absolute atomic E-state index is 11.5. The van der Waals surface area contributed by atoms with E-state index in [4.69, 9.17) is 23.1 Å². The Labute approximate surface area is 125 Å². The van der Waals surface area contributed by atoms with Gasteiger partial charge >= 0.3 is 0 Å². The maximum Gasteiger partial charge on any atom is 0.252 e. The summed E-state index contributed by atoms with van der Waals surface area (Å²) in [6.07, 6.45) is 1.75. The van der Waals surface area contributed by atoms with E-state index in [0.29, 0.717) is 28.9 Å². The van der Waals surface area contributed by atoms with Gasteiger partial charge in [-0.25, -0.2) is 4.98 Å². The van der Waals surface area contributed by atoms with Gasteiger partial charge in [0.15, 0.2) is 0 Å². The van der Waals surface area contributed by atoms with Crippen molar-refractivity contribution in [2.75, 3.05) is 5.32 Å². The number of hydrogen-bond donors (Lipinski definition) is 3. The molecule has 0 saturated heterocycles. The predicted octanol–water partition coefficient (Wildman–Crippen LogP) is 1.58. The summed E-state index contributed by atoms with van der Waals surface area (Å²) in [4.78, 5) is 27.0. The summed E-state index contributed by atoms with van der Waals surface area (Å²) in [6, 6.07) is 5.21. The summed E-state index contributed by atoms with van der Waals surface area (Å²) < 4.78 is 0. The zero-order valence-electron chi connectivity index (χ0n) is 10.8. The van der Waals surface area contributed by atoms with Crippen molar-refractivity contribution in [1.82, 2.24) is 4.98 Å². The number of amides is 2. The number of pyridine rings is 1. The van der Waals surface area contributed by atoms with E-state index in [2.05, 4.69) is 10.3 Å². The molecule has 1 aliphatic rings. The van der Waals surface area contributed by atoms with Crippen LogP contribution in [-0.4, -0.2) is 16.8 Å². The van der Waals surface area contributed by atoms with E-state index in [0.717, 1.165) is 5.56 Å². The molecule has 3 rings (SSSR count). The largest absolute Gasteiger partial charge is 0.366 e. The zero-order valence-corrected chi connectivity index (χ0v) is 11.6. The van der Waals surface area contributed by atoms with Crippen molar-refractivity contribution in [2.45, 2.75) is 6.42 Å². The number of carbonyl (C=O) groups excluding carboxylic acids is 2. The van der Waals surface area contributed by atoms with E-state index < -0.39 is 11.8 Å². The number of fused-ring (bicyclic) bond motifs is 2. The standard InChI is InChI=1S/C14H11ClN4O2/c15-12-8-4-6-2-1-3-7(13(16)20)10(6)19-11(8)9(5-18-12)14(17)21/h1-3,5,19H,4H2,(H2,16,20)(H2,17,21). The summed E-state index contributed by atoms with van der Waals surface area (Å²) in [5.41, 5.74) is 13.9. The van der Waals surface area contributed by atoms with Crippen molar-refractivity contribution in [3.8, 4) is 0 Å². The fraction of sp³-hybridized carbons (Fsp3) is 0.0714. The van der Waals surface area contributed by atoms with E-state index in [1.165, 1.54) is 6.20 Å². The lowest BCUT2D eigenvalue weighted by Crippen LogP contribution is -2.21. The normalized spacial score (nSPS) is 12.0. The second-order valence-corrected chi connectivity index (χ2v) is 5.04. The van der Waals surface area contributed by atoms with Gasteiger partial charge in [-0.1, -0.05) is 23.7 Å². The number of benzene rings is 1. The first kappa shape index (κ1) is 13.4. The van der Waals surface area contributed by atoms with Gasteiger partial charge in [0.2, 0.25) is 0 Å². The lowest BCUT2D eigenvalue weighted by Gasteiger charge is -2.25. The minimum absolute atomic E-state index is 0.222. The Morgan fingerprint density at radius 3 is 2.52 bits per heavy atom. The molecule has 1 aliphatic heterocycles. The van der Waals surface area contributed by atoms with Crippen LogP contribution in [0.4, 0.5) is 11.4 Å². The molecule has 1 aromatic carbocycles. The smallest absolute Gasteiger partial charge is 0.252 e. The van der Waals surface area contributed by atoms with Gasteiger partial charge in [0.25, 0.3) is 11.8 Å². The second kappa shape index (κ2) is 4.75. The molecule has 5 N–H and O–H groups in total. The molecule has 1 aromatic heterocycles. The molecule has 2 aromatic rings. The highest BCUT2D eigenvalue weighted by Crippen LogP contribution is 2.39. The van der Waals surface area contributed by atoms with Crippen LogP contribution in [0.15, 0.2) is 24.4 Å². The summed E-state index contributed by atoms with van der Waals surface area (Å²) in [7, 11) is 0. The van der Waals surface area contributed by atoms with Crippen molar-refractivity contribution >= 4 is 34.8 Å². The fourth-order valence-corrected chi connectivity index (χ4v) is 2.65. The van der Waals surface area contributed by atoms with Gasteiger partial charge in [0, 0.05) is 18.2 Å². The van der Waals surface area contributed by atoms with Crippen molar-refractivity contribution in [3.05, 3.63) is 51.8 Å². The number of primary amides is 2. The molecular formula is C14H11ClN4O2. The van der Waals surface area contributed by atoms with Gasteiger partial charge in [-0.05, 0) is 11.6 Å². The molecule has 0 fully saturated rings. The monoisotopic (exact) mass is 302 g/mol. The Kier molecular flexibility index (Phi) is 3.03. The number of rotatable bonds is 2. The van der Waals surface area contributed by atoms with Gasteiger partial charge in [-0.15, -0.1) is 0 Å². The molecule has 7 heteroatoms. The minimum atomic E-state index is -0.622. The quantitative estimate of drug-likeness (QED) is 0.624. The Bertz CT molecular complexity index is 789. The number of halogens is 1. The second-order valence-electron chi connectivity index (χ2n) is 4.69. The topological polar surface area (TPSA) is 111 Å². The Balaban J connectivity index is 2.22. The number of nitrogens with zero attached hydrogens (tertiary/aromatic N) is 1. The summed E-state index contributed by atoms with van der Waals surface area (Å²) in [5, 5.41) is 3.34. The third-order valence-corrected chi connectivity index (χ3v) is 3.75. The molecule has 0 atom stereocenters. The first-order valence-electron chi connectivity index (χ1n) is 6.15. The predicted molar refractivity (Wildman–Crippen MR) is 78.8 cm³/mol. The van der Waals surface area contributed by atoms with Crippen molar-refractivity contribution in [3.63, 3.8) is 0 Å². The number of carbonyl (C=O) groups is 2. The van der Waals surface area contributed by atoms with E-state index >= 15 is 0 Å². The average molecular weight is 303 g/mol. The van der Waals surface area contributed by atoms with Gasteiger partial charge in [-0.2, -0.15) is 0 Å². The highest BCUT2D eigenvalue weighted by Gasteiger charge is 2.25. The Morgan fingerprint density at radius 1 is 1.14 bits per heavy atom. The van der Waals surface area contributed by atoms with Crippen LogP contribution < -0.4 is 16.8 Å². The third kappa shape index (κ3) is 2.09. The number of anilines is 2. The van der Waals surface area contributed by atoms with Gasteiger partial charge in [-0.3, -0.25) is 9.59 Å². The van der Waals surface area contributed by atoms with Crippen LogP contribution in [0.5, 0.6) is 0 Å². The highest BCUT2D eigenvalue weighted by atomic mass is 35.5. The first-order valence-corrected chi connectivity index (χ1v) is 6.52. The van der Waals surface area contributed by atoms with Crippen LogP contribution in [-0.2, 0) is 6.42 Å². The van der Waals surface area contributed by atoms with Crippen LogP contribution >= 0.6 is 11.6 Å². The average Bonchev–Trinajstić information content (AvgIpc) is 2.45. The molecule has 0 radical (unpaired) electrons. The molecule has 2 amide bonds. The van der Waals surface area contributed by atoms with E-state index in [-0.39, 0.29) is 10.7 Å². The van der Waals surface area contributed by atoms with Gasteiger partial charge < -0.3 is 16.8 Å².